The largest absolute Gasteiger partial charge is 0.490 e. The van der Waals surface area contributed by atoms with Crippen LogP contribution in [0.1, 0.15) is 21.7 Å². The number of nitrogens with zero attached hydrogens (tertiary/aromatic N) is 3. The summed E-state index contributed by atoms with van der Waals surface area (Å²) in [6, 6.07) is 12.5. The van der Waals surface area contributed by atoms with Crippen molar-refractivity contribution in [2.75, 3.05) is 20.2 Å². The Morgan fingerprint density at radius 3 is 2.56 bits per heavy atom. The van der Waals surface area contributed by atoms with Crippen molar-refractivity contribution in [3.63, 3.8) is 0 Å². The lowest BCUT2D eigenvalue weighted by Gasteiger charge is -2.18. The summed E-state index contributed by atoms with van der Waals surface area (Å²) in [6.45, 7) is 1.76. The normalized spacial score (nSPS) is 11.3. The number of carbonyl (C=O) groups is 1. The van der Waals surface area contributed by atoms with Gasteiger partial charge in [-0.1, -0.05) is 29.8 Å². The zero-order valence-corrected chi connectivity index (χ0v) is 17.9. The molecule has 2 aromatic carbocycles. The molecule has 0 N–H and O–H groups in total. The van der Waals surface area contributed by atoms with Crippen molar-refractivity contribution in [2.45, 2.75) is 13.1 Å². The Kier molecular flexibility index (Phi) is 6.88. The average molecular weight is 466 g/mol. The van der Waals surface area contributed by atoms with Crippen LogP contribution in [0.3, 0.4) is 0 Å². The fourth-order valence-electron chi connectivity index (χ4n) is 2.91. The van der Waals surface area contributed by atoms with E-state index in [1.54, 1.807) is 24.3 Å². The predicted molar refractivity (Wildman–Crippen MR) is 113 cm³/mol. The topological polar surface area (TPSA) is 64.4 Å². The number of likely N-dealkylation sites (N-methyl/N-ethyl adjacent to an activating group) is 1. The molecule has 0 aliphatic rings. The summed E-state index contributed by atoms with van der Waals surface area (Å²) in [5.41, 5.74) is -1.54. The van der Waals surface area contributed by atoms with Crippen LogP contribution in [0.5, 0.6) is 5.75 Å². The van der Waals surface area contributed by atoms with Crippen LogP contribution in [0, 0.1) is 6.92 Å². The predicted octanol–water partition coefficient (Wildman–Crippen LogP) is 4.36. The maximum absolute atomic E-state index is 13.1. The second-order valence-corrected chi connectivity index (χ2v) is 7.37. The zero-order chi connectivity index (χ0) is 23.5. The summed E-state index contributed by atoms with van der Waals surface area (Å²) in [4.78, 5) is 26.4. The van der Waals surface area contributed by atoms with Crippen LogP contribution >= 0.6 is 11.6 Å². The first-order valence-corrected chi connectivity index (χ1v) is 9.87. The molecule has 0 saturated carbocycles. The van der Waals surface area contributed by atoms with Crippen LogP contribution in [-0.4, -0.2) is 40.8 Å². The Morgan fingerprint density at radius 1 is 1.16 bits per heavy atom. The van der Waals surface area contributed by atoms with Gasteiger partial charge in [-0.05, 0) is 37.3 Å². The monoisotopic (exact) mass is 465 g/mol. The number of ether oxygens (including phenoxy) is 1. The minimum absolute atomic E-state index is 0.0797. The van der Waals surface area contributed by atoms with E-state index >= 15 is 0 Å². The molecule has 0 aliphatic carbocycles. The van der Waals surface area contributed by atoms with Crippen molar-refractivity contribution >= 4 is 17.5 Å². The lowest BCUT2D eigenvalue weighted by molar-refractivity contribution is -0.137. The van der Waals surface area contributed by atoms with Crippen LogP contribution in [0.2, 0.25) is 5.02 Å². The first-order valence-electron chi connectivity index (χ1n) is 9.49. The standard InChI is InChI=1S/C22H19ClF3N3O3/c1-14-12-18(30)20(27-29(14)16-7-5-6-15(13-16)22(24,25)26)21(31)28(2)10-11-32-19-9-4-3-8-17(19)23/h3-9,12-13H,10-11H2,1-2H3. The third-order valence-corrected chi connectivity index (χ3v) is 4.91. The molecule has 0 bridgehead atoms. The van der Waals surface area contributed by atoms with Gasteiger partial charge in [0.2, 0.25) is 5.43 Å². The number of carbonyl (C=O) groups excluding carboxylic acids is 1. The zero-order valence-electron chi connectivity index (χ0n) is 17.2. The third-order valence-electron chi connectivity index (χ3n) is 4.60. The van der Waals surface area contributed by atoms with E-state index in [-0.39, 0.29) is 24.5 Å². The highest BCUT2D eigenvalue weighted by Gasteiger charge is 2.30. The molecule has 1 amide bonds. The third kappa shape index (κ3) is 5.28. The van der Waals surface area contributed by atoms with E-state index in [1.165, 1.54) is 31.0 Å². The SMILES string of the molecule is Cc1cc(=O)c(C(=O)N(C)CCOc2ccccc2Cl)nn1-c1cccc(C(F)(F)F)c1. The molecule has 1 heterocycles. The van der Waals surface area contributed by atoms with E-state index in [0.717, 1.165) is 22.9 Å². The molecule has 1 aromatic heterocycles. The van der Waals surface area contributed by atoms with Crippen LogP contribution in [0.4, 0.5) is 13.2 Å². The van der Waals surface area contributed by atoms with E-state index in [9.17, 15) is 22.8 Å². The van der Waals surface area contributed by atoms with Crippen molar-refractivity contribution < 1.29 is 22.7 Å². The van der Waals surface area contributed by atoms with Gasteiger partial charge in [0, 0.05) is 18.8 Å². The second kappa shape index (κ2) is 9.44. The minimum Gasteiger partial charge on any atom is -0.490 e. The number of aryl methyl sites for hydroxylation is 1. The maximum atomic E-state index is 13.1. The van der Waals surface area contributed by atoms with Gasteiger partial charge in [-0.15, -0.1) is 0 Å². The number of alkyl halides is 3. The summed E-state index contributed by atoms with van der Waals surface area (Å²) in [7, 11) is 1.47. The lowest BCUT2D eigenvalue weighted by atomic mass is 10.2. The van der Waals surface area contributed by atoms with Gasteiger partial charge < -0.3 is 9.64 Å². The summed E-state index contributed by atoms with van der Waals surface area (Å²) in [5.74, 6) is -0.228. The van der Waals surface area contributed by atoms with Gasteiger partial charge in [-0.25, -0.2) is 4.68 Å². The van der Waals surface area contributed by atoms with Gasteiger partial charge in [0.1, 0.15) is 12.4 Å². The van der Waals surface area contributed by atoms with Crippen LogP contribution in [0.25, 0.3) is 5.69 Å². The maximum Gasteiger partial charge on any atom is 0.416 e. The summed E-state index contributed by atoms with van der Waals surface area (Å²) < 4.78 is 45.9. The molecule has 32 heavy (non-hydrogen) atoms. The number of aromatic nitrogens is 2. The number of hydrogen-bond acceptors (Lipinski definition) is 4. The number of benzene rings is 2. The van der Waals surface area contributed by atoms with Gasteiger partial charge in [0.05, 0.1) is 22.8 Å². The molecule has 0 radical (unpaired) electrons. The molecule has 0 saturated heterocycles. The second-order valence-electron chi connectivity index (χ2n) is 6.96. The molecule has 168 valence electrons. The molecular weight excluding hydrogens is 447 g/mol. The Morgan fingerprint density at radius 2 is 1.88 bits per heavy atom. The van der Waals surface area contributed by atoms with E-state index in [2.05, 4.69) is 5.10 Å². The fourth-order valence-corrected chi connectivity index (χ4v) is 3.10. The van der Waals surface area contributed by atoms with Crippen molar-refractivity contribution in [3.8, 4) is 11.4 Å². The van der Waals surface area contributed by atoms with Gasteiger partial charge in [0.25, 0.3) is 5.91 Å². The highest BCUT2D eigenvalue weighted by molar-refractivity contribution is 6.32. The Bertz CT molecular complexity index is 1190. The quantitative estimate of drug-likeness (QED) is 0.542. The first kappa shape index (κ1) is 23.3. The molecule has 0 aliphatic heterocycles. The molecule has 0 spiro atoms. The number of para-hydroxylation sites is 1. The number of hydrogen-bond donors (Lipinski definition) is 0. The lowest BCUT2D eigenvalue weighted by Crippen LogP contribution is -2.36. The minimum atomic E-state index is -4.54. The van der Waals surface area contributed by atoms with E-state index in [4.69, 9.17) is 16.3 Å². The Hall–Kier alpha value is -3.33. The molecule has 0 fully saturated rings. The van der Waals surface area contributed by atoms with Crippen LogP contribution < -0.4 is 10.2 Å². The van der Waals surface area contributed by atoms with E-state index in [0.29, 0.717) is 10.8 Å². The fraction of sp³-hybridized carbons (Fsp3) is 0.227. The molecule has 0 atom stereocenters. The van der Waals surface area contributed by atoms with Gasteiger partial charge in [-0.2, -0.15) is 18.3 Å². The van der Waals surface area contributed by atoms with Gasteiger partial charge in [-0.3, -0.25) is 9.59 Å². The van der Waals surface area contributed by atoms with Crippen molar-refractivity contribution in [1.82, 2.24) is 14.7 Å². The van der Waals surface area contributed by atoms with Gasteiger partial charge >= 0.3 is 6.18 Å². The average Bonchev–Trinajstić information content (AvgIpc) is 2.74. The smallest absolute Gasteiger partial charge is 0.416 e. The van der Waals surface area contributed by atoms with Crippen molar-refractivity contribution in [2.24, 2.45) is 0 Å². The van der Waals surface area contributed by atoms with E-state index in [1.807, 2.05) is 0 Å². The molecule has 3 aromatic rings. The highest BCUT2D eigenvalue weighted by Crippen LogP contribution is 2.30. The van der Waals surface area contributed by atoms with Gasteiger partial charge in [0.15, 0.2) is 5.69 Å². The van der Waals surface area contributed by atoms with Crippen molar-refractivity contribution in [3.05, 3.63) is 86.8 Å². The molecule has 0 unspecified atom stereocenters. The number of halogens is 4. The first-order chi connectivity index (χ1) is 15.1. The van der Waals surface area contributed by atoms with Crippen LogP contribution in [0.15, 0.2) is 59.4 Å². The van der Waals surface area contributed by atoms with Crippen LogP contribution in [-0.2, 0) is 6.18 Å². The summed E-state index contributed by atoms with van der Waals surface area (Å²) in [5, 5.41) is 4.47. The Balaban J connectivity index is 1.81. The number of rotatable bonds is 6. The molecule has 6 nitrogen and oxygen atoms in total. The summed E-state index contributed by atoms with van der Waals surface area (Å²) in [6.07, 6.45) is -4.54. The number of amides is 1. The molecule has 10 heteroatoms. The highest BCUT2D eigenvalue weighted by atomic mass is 35.5. The van der Waals surface area contributed by atoms with E-state index < -0.39 is 28.8 Å². The Labute approximate surface area is 186 Å². The molecule has 3 rings (SSSR count). The molecular formula is C22H19ClF3N3O3. The van der Waals surface area contributed by atoms with Crippen molar-refractivity contribution in [1.29, 1.82) is 0 Å². The summed E-state index contributed by atoms with van der Waals surface area (Å²) >= 11 is 6.02.